The Labute approximate surface area is 116 Å². The molecule has 1 amide bonds. The molecule has 0 aromatic carbocycles. The average Bonchev–Trinajstić information content (AvgIpc) is 2.75. The molecule has 3 heteroatoms. The summed E-state index contributed by atoms with van der Waals surface area (Å²) in [5.74, 6) is 2.52. The van der Waals surface area contributed by atoms with Gasteiger partial charge in [0.2, 0.25) is 5.91 Å². The van der Waals surface area contributed by atoms with Crippen molar-refractivity contribution in [3.8, 4) is 0 Å². The van der Waals surface area contributed by atoms with Crippen molar-refractivity contribution in [2.24, 2.45) is 17.8 Å². The van der Waals surface area contributed by atoms with E-state index < -0.39 is 0 Å². The zero-order valence-electron chi connectivity index (χ0n) is 12.0. The second-order valence-electron chi connectivity index (χ2n) is 6.61. The third-order valence-corrected chi connectivity index (χ3v) is 5.42. The monoisotopic (exact) mass is 265 g/mol. The first-order valence-corrected chi connectivity index (χ1v) is 8.21. The lowest BCUT2D eigenvalue weighted by Gasteiger charge is -2.40. The molecule has 3 nitrogen and oxygen atoms in total. The zero-order chi connectivity index (χ0) is 13.1. The summed E-state index contributed by atoms with van der Waals surface area (Å²) in [6.45, 7) is 3.26. The van der Waals surface area contributed by atoms with Gasteiger partial charge in [0, 0.05) is 25.6 Å². The minimum Gasteiger partial charge on any atom is -0.380 e. The summed E-state index contributed by atoms with van der Waals surface area (Å²) in [6.07, 6.45) is 10.2. The van der Waals surface area contributed by atoms with Crippen LogP contribution >= 0.6 is 0 Å². The average molecular weight is 265 g/mol. The number of carbonyl (C=O) groups is 1. The minimum atomic E-state index is 0.317. The second kappa shape index (κ2) is 6.25. The van der Waals surface area contributed by atoms with Gasteiger partial charge in [-0.1, -0.05) is 25.7 Å². The van der Waals surface area contributed by atoms with Gasteiger partial charge in [0.05, 0.1) is 6.61 Å². The van der Waals surface area contributed by atoms with Crippen LogP contribution in [0.15, 0.2) is 0 Å². The largest absolute Gasteiger partial charge is 0.380 e. The molecule has 0 spiro atoms. The summed E-state index contributed by atoms with van der Waals surface area (Å²) in [5, 5.41) is 0. The molecule has 3 unspecified atom stereocenters. The predicted molar refractivity (Wildman–Crippen MR) is 74.8 cm³/mol. The number of carbonyl (C=O) groups excluding carboxylic acids is 1. The van der Waals surface area contributed by atoms with E-state index in [1.807, 2.05) is 0 Å². The Morgan fingerprint density at radius 3 is 2.63 bits per heavy atom. The highest BCUT2D eigenvalue weighted by molar-refractivity contribution is 5.79. The summed E-state index contributed by atoms with van der Waals surface area (Å²) in [6, 6.07) is 0. The van der Waals surface area contributed by atoms with Gasteiger partial charge in [-0.15, -0.1) is 0 Å². The van der Waals surface area contributed by atoms with Crippen LogP contribution in [0.25, 0.3) is 0 Å². The lowest BCUT2D eigenvalue weighted by molar-refractivity contribution is -0.138. The van der Waals surface area contributed by atoms with Gasteiger partial charge >= 0.3 is 0 Å². The van der Waals surface area contributed by atoms with E-state index in [1.165, 1.54) is 38.5 Å². The standard InChI is InChI=1S/C16H27NO2/c18-16(17-8-3-10-19-11-9-17)15-7-6-13-4-1-2-5-14(13)12-15/h13-15H,1-12H2. The van der Waals surface area contributed by atoms with E-state index >= 15 is 0 Å². The van der Waals surface area contributed by atoms with Crippen LogP contribution in [0.2, 0.25) is 0 Å². The number of fused-ring (bicyclic) bond motifs is 1. The zero-order valence-corrected chi connectivity index (χ0v) is 12.0. The third-order valence-electron chi connectivity index (χ3n) is 5.42. The quantitative estimate of drug-likeness (QED) is 0.729. The molecular weight excluding hydrogens is 238 g/mol. The maximum atomic E-state index is 12.7. The van der Waals surface area contributed by atoms with Crippen molar-refractivity contribution in [2.75, 3.05) is 26.3 Å². The number of rotatable bonds is 1. The first-order valence-electron chi connectivity index (χ1n) is 8.21. The molecule has 0 bridgehead atoms. The number of amides is 1. The van der Waals surface area contributed by atoms with Gasteiger partial charge in [-0.05, 0) is 37.5 Å². The molecule has 2 aliphatic carbocycles. The molecule has 1 saturated heterocycles. The maximum absolute atomic E-state index is 12.7. The molecular formula is C16H27NO2. The summed E-state index contributed by atoms with van der Waals surface area (Å²) in [7, 11) is 0. The van der Waals surface area contributed by atoms with Crippen LogP contribution in [-0.2, 0) is 9.53 Å². The van der Waals surface area contributed by atoms with Crippen LogP contribution in [0.1, 0.15) is 51.4 Å². The van der Waals surface area contributed by atoms with Gasteiger partial charge in [0.15, 0.2) is 0 Å². The Kier molecular flexibility index (Phi) is 4.42. The fraction of sp³-hybridized carbons (Fsp3) is 0.938. The summed E-state index contributed by atoms with van der Waals surface area (Å²) < 4.78 is 5.45. The van der Waals surface area contributed by atoms with Gasteiger partial charge in [-0.3, -0.25) is 4.79 Å². The molecule has 108 valence electrons. The Morgan fingerprint density at radius 1 is 0.895 bits per heavy atom. The Bertz CT molecular complexity index is 310. The van der Waals surface area contributed by atoms with Crippen molar-refractivity contribution < 1.29 is 9.53 Å². The number of hydrogen-bond donors (Lipinski definition) is 0. The van der Waals surface area contributed by atoms with E-state index in [2.05, 4.69) is 4.90 Å². The number of hydrogen-bond acceptors (Lipinski definition) is 2. The fourth-order valence-electron chi connectivity index (χ4n) is 4.32. The Balaban J connectivity index is 1.57. The molecule has 1 aliphatic heterocycles. The lowest BCUT2D eigenvalue weighted by atomic mass is 9.67. The minimum absolute atomic E-state index is 0.317. The topological polar surface area (TPSA) is 29.5 Å². The normalized spacial score (nSPS) is 36.4. The molecule has 0 aromatic heterocycles. The highest BCUT2D eigenvalue weighted by Gasteiger charge is 2.36. The van der Waals surface area contributed by atoms with Crippen LogP contribution in [0, 0.1) is 17.8 Å². The van der Waals surface area contributed by atoms with Crippen molar-refractivity contribution in [1.29, 1.82) is 0 Å². The molecule has 0 N–H and O–H groups in total. The molecule has 3 rings (SSSR count). The van der Waals surface area contributed by atoms with E-state index in [1.54, 1.807) is 0 Å². The van der Waals surface area contributed by atoms with E-state index in [9.17, 15) is 4.79 Å². The highest BCUT2D eigenvalue weighted by Crippen LogP contribution is 2.43. The van der Waals surface area contributed by atoms with Gasteiger partial charge in [-0.25, -0.2) is 0 Å². The van der Waals surface area contributed by atoms with E-state index in [-0.39, 0.29) is 0 Å². The first kappa shape index (κ1) is 13.4. The summed E-state index contributed by atoms with van der Waals surface area (Å²) in [4.78, 5) is 14.7. The van der Waals surface area contributed by atoms with Crippen molar-refractivity contribution in [1.82, 2.24) is 4.90 Å². The molecule has 3 fully saturated rings. The van der Waals surface area contributed by atoms with Gasteiger partial charge in [-0.2, -0.15) is 0 Å². The van der Waals surface area contributed by atoms with Crippen molar-refractivity contribution in [2.45, 2.75) is 51.4 Å². The van der Waals surface area contributed by atoms with Gasteiger partial charge < -0.3 is 9.64 Å². The third kappa shape index (κ3) is 3.13. The molecule has 0 aromatic rings. The SMILES string of the molecule is O=C(C1CCC2CCCCC2C1)N1CCCOCC1. The van der Waals surface area contributed by atoms with E-state index in [4.69, 9.17) is 4.74 Å². The van der Waals surface area contributed by atoms with Crippen LogP contribution in [0.4, 0.5) is 0 Å². The van der Waals surface area contributed by atoms with Crippen LogP contribution < -0.4 is 0 Å². The molecule has 19 heavy (non-hydrogen) atoms. The van der Waals surface area contributed by atoms with Gasteiger partial charge in [0.1, 0.15) is 0 Å². The maximum Gasteiger partial charge on any atom is 0.225 e. The molecule has 1 heterocycles. The Morgan fingerprint density at radius 2 is 1.74 bits per heavy atom. The molecule has 0 radical (unpaired) electrons. The van der Waals surface area contributed by atoms with Crippen LogP contribution in [0.5, 0.6) is 0 Å². The van der Waals surface area contributed by atoms with Gasteiger partial charge in [0.25, 0.3) is 0 Å². The van der Waals surface area contributed by atoms with E-state index in [0.29, 0.717) is 11.8 Å². The summed E-state index contributed by atoms with van der Waals surface area (Å²) in [5.41, 5.74) is 0. The van der Waals surface area contributed by atoms with Crippen molar-refractivity contribution in [3.63, 3.8) is 0 Å². The van der Waals surface area contributed by atoms with E-state index in [0.717, 1.165) is 51.0 Å². The second-order valence-corrected chi connectivity index (χ2v) is 6.61. The summed E-state index contributed by atoms with van der Waals surface area (Å²) >= 11 is 0. The lowest BCUT2D eigenvalue weighted by Crippen LogP contribution is -2.41. The number of ether oxygens (including phenoxy) is 1. The predicted octanol–water partition coefficient (Wildman–Crippen LogP) is 2.84. The van der Waals surface area contributed by atoms with Crippen LogP contribution in [0.3, 0.4) is 0 Å². The van der Waals surface area contributed by atoms with Crippen molar-refractivity contribution in [3.05, 3.63) is 0 Å². The van der Waals surface area contributed by atoms with Crippen LogP contribution in [-0.4, -0.2) is 37.1 Å². The Hall–Kier alpha value is -0.570. The smallest absolute Gasteiger partial charge is 0.225 e. The first-order chi connectivity index (χ1) is 9.34. The molecule has 2 saturated carbocycles. The molecule has 3 atom stereocenters. The highest BCUT2D eigenvalue weighted by atomic mass is 16.5. The number of nitrogens with zero attached hydrogens (tertiary/aromatic N) is 1. The molecule has 3 aliphatic rings. The van der Waals surface area contributed by atoms with Crippen molar-refractivity contribution >= 4 is 5.91 Å². The fourth-order valence-corrected chi connectivity index (χ4v) is 4.32.